The molecule has 2 aromatic carbocycles. The smallest absolute Gasteiger partial charge is 0.247 e. The van der Waals surface area contributed by atoms with Crippen LogP contribution in [0.2, 0.25) is 10.0 Å². The average molecular weight is 530 g/mol. The molecule has 0 spiro atoms. The molecule has 36 heavy (non-hydrogen) atoms. The number of carbonyl (C=O) groups is 3. The Morgan fingerprint density at radius 1 is 1.06 bits per heavy atom. The first kappa shape index (κ1) is 26.5. The van der Waals surface area contributed by atoms with Crippen molar-refractivity contribution in [1.29, 1.82) is 0 Å². The van der Waals surface area contributed by atoms with Gasteiger partial charge in [-0.3, -0.25) is 14.4 Å². The van der Waals surface area contributed by atoms with E-state index in [4.69, 9.17) is 23.2 Å². The molecule has 1 saturated heterocycles. The molecule has 4 rings (SSSR count). The maximum Gasteiger partial charge on any atom is 0.247 e. The lowest BCUT2D eigenvalue weighted by Crippen LogP contribution is -2.68. The van der Waals surface area contributed by atoms with Crippen LogP contribution in [0, 0.1) is 11.8 Å². The summed E-state index contributed by atoms with van der Waals surface area (Å²) in [4.78, 5) is 43.0. The topological polar surface area (TPSA) is 78.5 Å². The number of amides is 3. The highest BCUT2D eigenvalue weighted by Crippen LogP contribution is 2.37. The molecule has 4 atom stereocenters. The lowest BCUT2D eigenvalue weighted by atomic mass is 9.86. The minimum absolute atomic E-state index is 0.0816. The summed E-state index contributed by atoms with van der Waals surface area (Å²) in [6.45, 7) is 7.63. The summed E-state index contributed by atoms with van der Waals surface area (Å²) >= 11 is 12.5. The maximum absolute atomic E-state index is 14.3. The third-order valence-electron chi connectivity index (χ3n) is 7.34. The van der Waals surface area contributed by atoms with E-state index in [1.54, 1.807) is 18.2 Å². The van der Waals surface area contributed by atoms with Gasteiger partial charge in [0, 0.05) is 6.04 Å². The fourth-order valence-corrected chi connectivity index (χ4v) is 5.71. The summed E-state index contributed by atoms with van der Waals surface area (Å²) in [5.74, 6) is -1.07. The van der Waals surface area contributed by atoms with Crippen molar-refractivity contribution in [3.05, 3.63) is 69.2 Å². The summed E-state index contributed by atoms with van der Waals surface area (Å²) in [5.41, 5.74) is 2.91. The third-order valence-corrected chi connectivity index (χ3v) is 8.08. The molecule has 0 saturated carbocycles. The molecular weight excluding hydrogens is 497 g/mol. The van der Waals surface area contributed by atoms with Gasteiger partial charge in [0.05, 0.1) is 10.0 Å². The first-order chi connectivity index (χ1) is 17.1. The molecular formula is C28H33Cl2N3O3. The van der Waals surface area contributed by atoms with E-state index in [0.717, 1.165) is 0 Å². The highest BCUT2D eigenvalue weighted by Gasteiger charge is 2.50. The lowest BCUT2D eigenvalue weighted by Gasteiger charge is -2.46. The van der Waals surface area contributed by atoms with Crippen molar-refractivity contribution in [2.24, 2.45) is 11.8 Å². The summed E-state index contributed by atoms with van der Waals surface area (Å²) in [5, 5.41) is 6.62. The number of nitrogens with one attached hydrogen (secondary N) is 2. The van der Waals surface area contributed by atoms with Gasteiger partial charge in [-0.1, -0.05) is 73.8 Å². The number of halogens is 2. The fourth-order valence-electron chi connectivity index (χ4n) is 5.40. The van der Waals surface area contributed by atoms with Crippen molar-refractivity contribution >= 4 is 40.9 Å². The first-order valence-corrected chi connectivity index (χ1v) is 13.3. The van der Waals surface area contributed by atoms with Gasteiger partial charge >= 0.3 is 0 Å². The number of benzene rings is 2. The Labute approximate surface area is 222 Å². The van der Waals surface area contributed by atoms with Crippen LogP contribution >= 0.6 is 23.2 Å². The Hall–Kier alpha value is -2.57. The number of rotatable bonds is 7. The van der Waals surface area contributed by atoms with Gasteiger partial charge in [-0.25, -0.2) is 0 Å². The van der Waals surface area contributed by atoms with Crippen LogP contribution in [0.3, 0.4) is 0 Å². The van der Waals surface area contributed by atoms with Crippen LogP contribution < -0.4 is 10.6 Å². The van der Waals surface area contributed by atoms with E-state index < -0.39 is 18.1 Å². The second-order valence-corrected chi connectivity index (χ2v) is 11.1. The van der Waals surface area contributed by atoms with E-state index in [-0.39, 0.29) is 40.6 Å². The molecule has 1 heterocycles. The van der Waals surface area contributed by atoms with E-state index in [1.807, 2.05) is 39.8 Å². The summed E-state index contributed by atoms with van der Waals surface area (Å²) < 4.78 is 0. The molecule has 2 N–H and O–H groups in total. The molecule has 2 aromatic rings. The zero-order valence-electron chi connectivity index (χ0n) is 21.1. The summed E-state index contributed by atoms with van der Waals surface area (Å²) in [6, 6.07) is 10.4. The molecule has 0 aromatic heterocycles. The molecule has 1 aliphatic carbocycles. The predicted octanol–water partition coefficient (Wildman–Crippen LogP) is 4.72. The largest absolute Gasteiger partial charge is 0.352 e. The molecule has 2 aliphatic rings. The molecule has 0 bridgehead atoms. The molecule has 1 unspecified atom stereocenters. The number of carbonyl (C=O) groups excluding carboxylic acids is 3. The van der Waals surface area contributed by atoms with Gasteiger partial charge in [0.15, 0.2) is 0 Å². The Kier molecular flexibility index (Phi) is 7.96. The Balaban J connectivity index is 1.78. The predicted molar refractivity (Wildman–Crippen MR) is 142 cm³/mol. The van der Waals surface area contributed by atoms with Crippen molar-refractivity contribution in [1.82, 2.24) is 15.5 Å². The molecule has 8 heteroatoms. The minimum atomic E-state index is -1.02. The van der Waals surface area contributed by atoms with E-state index in [1.165, 1.54) is 16.0 Å². The van der Waals surface area contributed by atoms with Crippen LogP contribution in [-0.4, -0.2) is 40.7 Å². The number of hydrogen-bond donors (Lipinski definition) is 2. The molecule has 6 nitrogen and oxygen atoms in total. The van der Waals surface area contributed by atoms with Crippen LogP contribution in [0.15, 0.2) is 42.5 Å². The van der Waals surface area contributed by atoms with Gasteiger partial charge in [-0.2, -0.15) is 0 Å². The number of hydrogen-bond acceptors (Lipinski definition) is 3. The van der Waals surface area contributed by atoms with Gasteiger partial charge < -0.3 is 15.5 Å². The van der Waals surface area contributed by atoms with Crippen LogP contribution in [0.4, 0.5) is 0 Å². The van der Waals surface area contributed by atoms with Gasteiger partial charge in [0.25, 0.3) is 0 Å². The highest BCUT2D eigenvalue weighted by molar-refractivity contribution is 6.42. The van der Waals surface area contributed by atoms with Crippen molar-refractivity contribution in [3.8, 4) is 0 Å². The molecule has 1 aliphatic heterocycles. The van der Waals surface area contributed by atoms with Crippen molar-refractivity contribution < 1.29 is 14.4 Å². The van der Waals surface area contributed by atoms with E-state index in [9.17, 15) is 14.4 Å². The van der Waals surface area contributed by atoms with Crippen molar-refractivity contribution in [2.75, 3.05) is 0 Å². The van der Waals surface area contributed by atoms with Gasteiger partial charge in [-0.15, -0.1) is 0 Å². The van der Waals surface area contributed by atoms with Gasteiger partial charge in [-0.05, 0) is 67.3 Å². The standard InChI is InChI=1S/C28H33Cl2N3O3/c1-5-16(4)24-26(34)32-23(20-12-17-8-6-7-9-18(17)13-20)28(36)33(24)25(27(35)31-15(2)3)19-10-11-21(29)22(30)14-19/h6-11,14-16,20,23-25H,5,12-13H2,1-4H3,(H,31,35)(H,32,34)/t16-,23+,24+,25?/m0/s1. The zero-order chi connectivity index (χ0) is 26.1. The van der Waals surface area contributed by atoms with Crippen molar-refractivity contribution in [3.63, 3.8) is 0 Å². The highest BCUT2D eigenvalue weighted by atomic mass is 35.5. The molecule has 1 fully saturated rings. The van der Waals surface area contributed by atoms with E-state index in [0.29, 0.717) is 29.8 Å². The lowest BCUT2D eigenvalue weighted by molar-refractivity contribution is -0.159. The minimum Gasteiger partial charge on any atom is -0.352 e. The Bertz CT molecular complexity index is 1140. The molecule has 192 valence electrons. The van der Waals surface area contributed by atoms with Gasteiger partial charge in [0.2, 0.25) is 17.7 Å². The number of piperazine rings is 1. The second-order valence-electron chi connectivity index (χ2n) is 10.2. The summed E-state index contributed by atoms with van der Waals surface area (Å²) in [6.07, 6.45) is 2.07. The second kappa shape index (κ2) is 10.8. The van der Waals surface area contributed by atoms with Crippen molar-refractivity contribution in [2.45, 2.75) is 71.1 Å². The number of fused-ring (bicyclic) bond motifs is 1. The normalized spacial score (nSPS) is 21.8. The molecule has 0 radical (unpaired) electrons. The number of nitrogens with zero attached hydrogens (tertiary/aromatic N) is 1. The zero-order valence-corrected chi connectivity index (χ0v) is 22.6. The Morgan fingerprint density at radius 2 is 1.69 bits per heavy atom. The quantitative estimate of drug-likeness (QED) is 0.544. The van der Waals surface area contributed by atoms with Crippen LogP contribution in [-0.2, 0) is 27.2 Å². The van der Waals surface area contributed by atoms with E-state index in [2.05, 4.69) is 22.8 Å². The SMILES string of the molecule is CC[C@H](C)[C@@H]1C(=O)N[C@H](C2Cc3ccccc3C2)C(=O)N1C(C(=O)NC(C)C)c1ccc(Cl)c(Cl)c1. The maximum atomic E-state index is 14.3. The molecule has 3 amide bonds. The van der Waals surface area contributed by atoms with Crippen LogP contribution in [0.1, 0.15) is 56.8 Å². The van der Waals surface area contributed by atoms with Crippen LogP contribution in [0.5, 0.6) is 0 Å². The van der Waals surface area contributed by atoms with E-state index >= 15 is 0 Å². The monoisotopic (exact) mass is 529 g/mol. The fraction of sp³-hybridized carbons (Fsp3) is 0.464. The third kappa shape index (κ3) is 5.12. The summed E-state index contributed by atoms with van der Waals surface area (Å²) in [7, 11) is 0. The Morgan fingerprint density at radius 3 is 2.25 bits per heavy atom. The first-order valence-electron chi connectivity index (χ1n) is 12.6. The van der Waals surface area contributed by atoms with Gasteiger partial charge in [0.1, 0.15) is 18.1 Å². The van der Waals surface area contributed by atoms with Crippen LogP contribution in [0.25, 0.3) is 0 Å². The average Bonchev–Trinajstić information content (AvgIpc) is 3.26.